The number of ketones is 2. The maximum Gasteiger partial charge on any atom is 0.198 e. The second kappa shape index (κ2) is 7.07. The van der Waals surface area contributed by atoms with E-state index in [1.165, 1.54) is 6.07 Å². The van der Waals surface area contributed by atoms with Crippen molar-refractivity contribution in [1.82, 2.24) is 4.90 Å². The molecule has 1 N–H and O–H groups in total. The number of fused-ring (bicyclic) bond motifs is 2. The Hall–Kier alpha value is -2.66. The Morgan fingerprint density at radius 1 is 0.960 bits per heavy atom. The van der Waals surface area contributed by atoms with Crippen LogP contribution in [-0.4, -0.2) is 47.8 Å². The van der Waals surface area contributed by atoms with E-state index in [-0.39, 0.29) is 28.4 Å². The fraction of sp³-hybridized carbons (Fsp3) is 0.300. The summed E-state index contributed by atoms with van der Waals surface area (Å²) in [5.41, 5.74) is 0.937. The lowest BCUT2D eigenvalue weighted by molar-refractivity contribution is 0.0976. The number of ether oxygens (including phenoxy) is 1. The molecule has 3 rings (SSSR count). The smallest absolute Gasteiger partial charge is 0.198 e. The number of phenols is 1. The molecule has 0 bridgehead atoms. The van der Waals surface area contributed by atoms with Crippen molar-refractivity contribution in [1.29, 1.82) is 0 Å². The van der Waals surface area contributed by atoms with E-state index in [1.54, 1.807) is 30.3 Å². The van der Waals surface area contributed by atoms with Crippen molar-refractivity contribution in [2.45, 2.75) is 13.8 Å². The number of hydrogen-bond acceptors (Lipinski definition) is 5. The van der Waals surface area contributed by atoms with E-state index in [2.05, 4.69) is 18.7 Å². The lowest BCUT2D eigenvalue weighted by Gasteiger charge is -2.20. The molecular weight excluding hydrogens is 318 g/mol. The van der Waals surface area contributed by atoms with Gasteiger partial charge in [0.25, 0.3) is 0 Å². The van der Waals surface area contributed by atoms with Crippen LogP contribution in [0.1, 0.15) is 45.7 Å². The summed E-state index contributed by atoms with van der Waals surface area (Å²) in [6, 6.07) is 9.61. The molecule has 0 spiro atoms. The van der Waals surface area contributed by atoms with Crippen molar-refractivity contribution in [3.05, 3.63) is 58.7 Å². The van der Waals surface area contributed by atoms with Gasteiger partial charge in [0, 0.05) is 29.3 Å². The van der Waals surface area contributed by atoms with Crippen LogP contribution in [0.3, 0.4) is 0 Å². The van der Waals surface area contributed by atoms with E-state index in [0.29, 0.717) is 23.5 Å². The van der Waals surface area contributed by atoms with Crippen LogP contribution in [0.25, 0.3) is 0 Å². The zero-order valence-electron chi connectivity index (χ0n) is 14.4. The average molecular weight is 339 g/mol. The second-order valence-electron chi connectivity index (χ2n) is 5.94. The van der Waals surface area contributed by atoms with Gasteiger partial charge in [-0.15, -0.1) is 0 Å². The van der Waals surface area contributed by atoms with Crippen LogP contribution in [-0.2, 0) is 0 Å². The van der Waals surface area contributed by atoms with Gasteiger partial charge >= 0.3 is 0 Å². The van der Waals surface area contributed by atoms with E-state index in [4.69, 9.17) is 4.74 Å². The number of carbonyl (C=O) groups is 2. The van der Waals surface area contributed by atoms with E-state index in [9.17, 15) is 14.7 Å². The molecule has 2 aromatic rings. The van der Waals surface area contributed by atoms with Crippen molar-refractivity contribution in [3.8, 4) is 11.5 Å². The van der Waals surface area contributed by atoms with Gasteiger partial charge in [0.05, 0.1) is 5.56 Å². The van der Waals surface area contributed by atoms with Gasteiger partial charge in [-0.3, -0.25) is 9.59 Å². The van der Waals surface area contributed by atoms with Gasteiger partial charge in [0.1, 0.15) is 18.1 Å². The van der Waals surface area contributed by atoms with E-state index < -0.39 is 0 Å². The number of nitrogens with zero attached hydrogens (tertiary/aromatic N) is 1. The van der Waals surface area contributed by atoms with Crippen LogP contribution >= 0.6 is 0 Å². The molecule has 130 valence electrons. The summed E-state index contributed by atoms with van der Waals surface area (Å²) in [6.45, 7) is 7.21. The first-order valence-electron chi connectivity index (χ1n) is 8.47. The predicted octanol–water partition coefficient (Wildman–Crippen LogP) is 2.89. The molecule has 5 nitrogen and oxygen atoms in total. The zero-order valence-corrected chi connectivity index (χ0v) is 14.4. The normalized spacial score (nSPS) is 12.9. The number of benzene rings is 2. The highest BCUT2D eigenvalue weighted by Crippen LogP contribution is 2.35. The Bertz CT molecular complexity index is 824. The van der Waals surface area contributed by atoms with E-state index in [0.717, 1.165) is 19.6 Å². The zero-order chi connectivity index (χ0) is 18.0. The highest BCUT2D eigenvalue weighted by Gasteiger charge is 2.32. The number of hydrogen-bond donors (Lipinski definition) is 1. The number of rotatable bonds is 6. The van der Waals surface area contributed by atoms with Crippen molar-refractivity contribution in [2.75, 3.05) is 26.2 Å². The Kier molecular flexibility index (Phi) is 4.86. The fourth-order valence-corrected chi connectivity index (χ4v) is 3.09. The van der Waals surface area contributed by atoms with Crippen molar-refractivity contribution in [3.63, 3.8) is 0 Å². The Labute approximate surface area is 146 Å². The quantitative estimate of drug-likeness (QED) is 0.748. The summed E-state index contributed by atoms with van der Waals surface area (Å²) < 4.78 is 5.69. The number of phenolic OH excluding ortho intramolecular Hbond substituents is 1. The van der Waals surface area contributed by atoms with Crippen LogP contribution in [0.15, 0.2) is 36.4 Å². The van der Waals surface area contributed by atoms with Gasteiger partial charge in [0.15, 0.2) is 11.6 Å². The van der Waals surface area contributed by atoms with Gasteiger partial charge in [-0.05, 0) is 19.2 Å². The van der Waals surface area contributed by atoms with Crippen molar-refractivity contribution < 1.29 is 19.4 Å². The molecule has 0 fully saturated rings. The predicted molar refractivity (Wildman–Crippen MR) is 94.7 cm³/mol. The molecule has 0 saturated carbocycles. The third kappa shape index (κ3) is 3.15. The highest BCUT2D eigenvalue weighted by molar-refractivity contribution is 6.29. The standard InChI is InChI=1S/C20H21NO4/c1-3-21(4-2)9-10-25-13-11-16-18(17(22)12-13)20(24)15-8-6-5-7-14(15)19(16)23/h5-8,11-12,22H,3-4,9-10H2,1-2H3. The van der Waals surface area contributed by atoms with Crippen LogP contribution in [0.2, 0.25) is 0 Å². The van der Waals surface area contributed by atoms with Crippen LogP contribution in [0.5, 0.6) is 11.5 Å². The maximum absolute atomic E-state index is 12.7. The fourth-order valence-electron chi connectivity index (χ4n) is 3.09. The third-order valence-electron chi connectivity index (χ3n) is 4.55. The average Bonchev–Trinajstić information content (AvgIpc) is 2.63. The van der Waals surface area contributed by atoms with E-state index in [1.807, 2.05) is 0 Å². The van der Waals surface area contributed by atoms with Crippen LogP contribution in [0.4, 0.5) is 0 Å². The minimum Gasteiger partial charge on any atom is -0.507 e. The van der Waals surface area contributed by atoms with Crippen LogP contribution < -0.4 is 4.74 Å². The highest BCUT2D eigenvalue weighted by atomic mass is 16.5. The van der Waals surface area contributed by atoms with Gasteiger partial charge < -0.3 is 14.7 Å². The van der Waals surface area contributed by atoms with Gasteiger partial charge in [-0.2, -0.15) is 0 Å². The Morgan fingerprint density at radius 3 is 2.24 bits per heavy atom. The molecule has 25 heavy (non-hydrogen) atoms. The summed E-state index contributed by atoms with van der Waals surface area (Å²) in [6.07, 6.45) is 0. The van der Waals surface area contributed by atoms with Gasteiger partial charge in [-0.25, -0.2) is 0 Å². The van der Waals surface area contributed by atoms with Gasteiger partial charge in [0.2, 0.25) is 0 Å². The lowest BCUT2D eigenvalue weighted by atomic mass is 9.83. The molecule has 0 unspecified atom stereocenters. The number of likely N-dealkylation sites (N-methyl/N-ethyl adjacent to an activating group) is 1. The Morgan fingerprint density at radius 2 is 1.60 bits per heavy atom. The Balaban J connectivity index is 1.88. The molecule has 1 aliphatic rings. The molecule has 0 aliphatic heterocycles. The van der Waals surface area contributed by atoms with Crippen molar-refractivity contribution in [2.24, 2.45) is 0 Å². The molecule has 1 aliphatic carbocycles. The monoisotopic (exact) mass is 339 g/mol. The molecular formula is C20H21NO4. The topological polar surface area (TPSA) is 66.8 Å². The first-order valence-corrected chi connectivity index (χ1v) is 8.47. The molecule has 0 heterocycles. The number of carbonyl (C=O) groups excluding carboxylic acids is 2. The molecule has 0 aromatic heterocycles. The first kappa shape index (κ1) is 17.2. The van der Waals surface area contributed by atoms with E-state index >= 15 is 0 Å². The van der Waals surface area contributed by atoms with Crippen LogP contribution in [0, 0.1) is 0 Å². The summed E-state index contributed by atoms with van der Waals surface area (Å²) in [4.78, 5) is 27.5. The summed E-state index contributed by atoms with van der Waals surface area (Å²) in [5, 5.41) is 10.3. The molecule has 0 radical (unpaired) electrons. The lowest BCUT2D eigenvalue weighted by Crippen LogP contribution is -2.28. The maximum atomic E-state index is 12.7. The number of aromatic hydroxyl groups is 1. The summed E-state index contributed by atoms with van der Waals surface area (Å²) in [5.74, 6) is -0.431. The molecule has 2 aromatic carbocycles. The van der Waals surface area contributed by atoms with Crippen molar-refractivity contribution >= 4 is 11.6 Å². The minimum atomic E-state index is -0.336. The third-order valence-corrected chi connectivity index (χ3v) is 4.55. The first-order chi connectivity index (χ1) is 12.1. The largest absolute Gasteiger partial charge is 0.507 e. The molecule has 0 amide bonds. The molecule has 0 saturated heterocycles. The molecule has 5 heteroatoms. The molecule has 0 atom stereocenters. The SMILES string of the molecule is CCN(CC)CCOc1cc(O)c2c(c1)C(=O)c1ccccc1C2=O. The summed E-state index contributed by atoms with van der Waals surface area (Å²) >= 11 is 0. The minimum absolute atomic E-state index is 0.0554. The second-order valence-corrected chi connectivity index (χ2v) is 5.94. The van der Waals surface area contributed by atoms with Gasteiger partial charge in [-0.1, -0.05) is 38.1 Å². The summed E-state index contributed by atoms with van der Waals surface area (Å²) in [7, 11) is 0.